The lowest BCUT2D eigenvalue weighted by Crippen LogP contribution is -2.41. The minimum atomic E-state index is -0.483. The molecule has 1 aliphatic heterocycles. The average Bonchev–Trinajstić information content (AvgIpc) is 2.51. The molecule has 116 valence electrons. The topological polar surface area (TPSA) is 67.4 Å². The Balaban J connectivity index is 2.25. The summed E-state index contributed by atoms with van der Waals surface area (Å²) in [5, 5.41) is 3.20. The number of carbonyl (C=O) groups excluding carboxylic acids is 1. The maximum Gasteiger partial charge on any atom is 0.376 e. The number of hydrogen-bond acceptors (Lipinski definition) is 6. The van der Waals surface area contributed by atoms with Crippen LogP contribution in [-0.4, -0.2) is 49.2 Å². The SMILES string of the molecule is CNCCC1CCCCN1c1cc(C)nc(C(=O)OC)n1. The van der Waals surface area contributed by atoms with Crippen molar-refractivity contribution in [3.63, 3.8) is 0 Å². The minimum absolute atomic E-state index is 0.144. The Labute approximate surface area is 125 Å². The average molecular weight is 292 g/mol. The van der Waals surface area contributed by atoms with E-state index in [1.54, 1.807) is 0 Å². The molecule has 0 radical (unpaired) electrons. The highest BCUT2D eigenvalue weighted by molar-refractivity contribution is 5.85. The molecular formula is C15H24N4O2. The minimum Gasteiger partial charge on any atom is -0.463 e. The molecule has 1 aliphatic rings. The highest BCUT2D eigenvalue weighted by Gasteiger charge is 2.24. The summed E-state index contributed by atoms with van der Waals surface area (Å²) in [5.41, 5.74) is 0.790. The molecule has 0 spiro atoms. The second kappa shape index (κ2) is 7.36. The van der Waals surface area contributed by atoms with Crippen molar-refractivity contribution in [1.82, 2.24) is 15.3 Å². The van der Waals surface area contributed by atoms with Crippen molar-refractivity contribution in [1.29, 1.82) is 0 Å². The third-order valence-electron chi connectivity index (χ3n) is 3.86. The van der Waals surface area contributed by atoms with Gasteiger partial charge in [0.1, 0.15) is 5.82 Å². The number of rotatable bonds is 5. The number of nitrogens with one attached hydrogen (secondary N) is 1. The van der Waals surface area contributed by atoms with Gasteiger partial charge in [-0.1, -0.05) is 0 Å². The zero-order valence-corrected chi connectivity index (χ0v) is 13.1. The number of anilines is 1. The lowest BCUT2D eigenvalue weighted by Gasteiger charge is -2.37. The van der Waals surface area contributed by atoms with Crippen molar-refractivity contribution in [3.05, 3.63) is 17.6 Å². The molecule has 1 N–H and O–H groups in total. The zero-order chi connectivity index (χ0) is 15.2. The third kappa shape index (κ3) is 3.91. The second-order valence-corrected chi connectivity index (χ2v) is 5.42. The van der Waals surface area contributed by atoms with E-state index in [0.29, 0.717) is 6.04 Å². The summed E-state index contributed by atoms with van der Waals surface area (Å²) in [4.78, 5) is 22.6. The molecular weight excluding hydrogens is 268 g/mol. The summed E-state index contributed by atoms with van der Waals surface area (Å²) in [6.07, 6.45) is 4.65. The third-order valence-corrected chi connectivity index (χ3v) is 3.86. The number of piperidine rings is 1. The maximum absolute atomic E-state index is 11.7. The normalized spacial score (nSPS) is 18.6. The van der Waals surface area contributed by atoms with E-state index < -0.39 is 5.97 Å². The van der Waals surface area contributed by atoms with Gasteiger partial charge in [0.25, 0.3) is 0 Å². The van der Waals surface area contributed by atoms with Gasteiger partial charge in [0.2, 0.25) is 5.82 Å². The Kier molecular flexibility index (Phi) is 5.50. The fraction of sp³-hybridized carbons (Fsp3) is 0.667. The highest BCUT2D eigenvalue weighted by Crippen LogP contribution is 2.25. The van der Waals surface area contributed by atoms with E-state index in [1.165, 1.54) is 13.5 Å². The number of nitrogens with zero attached hydrogens (tertiary/aromatic N) is 3. The molecule has 0 aromatic carbocycles. The Morgan fingerprint density at radius 1 is 1.48 bits per heavy atom. The number of aryl methyl sites for hydroxylation is 1. The maximum atomic E-state index is 11.7. The van der Waals surface area contributed by atoms with Gasteiger partial charge in [-0.25, -0.2) is 14.8 Å². The van der Waals surface area contributed by atoms with Crippen LogP contribution in [-0.2, 0) is 4.74 Å². The van der Waals surface area contributed by atoms with Crippen LogP contribution in [0.2, 0.25) is 0 Å². The van der Waals surface area contributed by atoms with Crippen LogP contribution in [0.3, 0.4) is 0 Å². The van der Waals surface area contributed by atoms with E-state index in [9.17, 15) is 4.79 Å². The fourth-order valence-electron chi connectivity index (χ4n) is 2.79. The zero-order valence-electron chi connectivity index (χ0n) is 13.1. The summed E-state index contributed by atoms with van der Waals surface area (Å²) < 4.78 is 4.73. The summed E-state index contributed by atoms with van der Waals surface area (Å²) in [7, 11) is 3.32. The molecule has 1 saturated heterocycles. The van der Waals surface area contributed by atoms with E-state index in [0.717, 1.165) is 43.9 Å². The lowest BCUT2D eigenvalue weighted by molar-refractivity contribution is 0.0586. The molecule has 1 aromatic heterocycles. The Morgan fingerprint density at radius 3 is 3.00 bits per heavy atom. The van der Waals surface area contributed by atoms with Gasteiger partial charge in [0.15, 0.2) is 0 Å². The quantitative estimate of drug-likeness (QED) is 0.830. The molecule has 0 aliphatic carbocycles. The van der Waals surface area contributed by atoms with Crippen LogP contribution in [0.25, 0.3) is 0 Å². The Hall–Kier alpha value is -1.69. The second-order valence-electron chi connectivity index (χ2n) is 5.42. The van der Waals surface area contributed by atoms with E-state index in [4.69, 9.17) is 4.74 Å². The first-order valence-corrected chi connectivity index (χ1v) is 7.51. The van der Waals surface area contributed by atoms with Gasteiger partial charge in [-0.3, -0.25) is 0 Å². The predicted octanol–water partition coefficient (Wildman–Crippen LogP) is 1.54. The molecule has 0 amide bonds. The van der Waals surface area contributed by atoms with Gasteiger partial charge in [0, 0.05) is 24.3 Å². The largest absolute Gasteiger partial charge is 0.463 e. The highest BCUT2D eigenvalue weighted by atomic mass is 16.5. The standard InChI is InChI=1S/C15H24N4O2/c1-11-10-13(18-14(17-11)15(20)21-3)19-9-5-4-6-12(19)7-8-16-2/h10,12,16H,4-9H2,1-3H3. The van der Waals surface area contributed by atoms with Gasteiger partial charge in [-0.05, 0) is 46.2 Å². The van der Waals surface area contributed by atoms with Gasteiger partial charge in [-0.15, -0.1) is 0 Å². The van der Waals surface area contributed by atoms with Crippen molar-refractivity contribution >= 4 is 11.8 Å². The molecule has 2 heterocycles. The van der Waals surface area contributed by atoms with Crippen LogP contribution in [0.1, 0.15) is 42.0 Å². The number of carbonyl (C=O) groups is 1. The molecule has 1 atom stereocenters. The Bertz CT molecular complexity index is 493. The van der Waals surface area contributed by atoms with E-state index in [1.807, 2.05) is 20.0 Å². The van der Waals surface area contributed by atoms with Crippen LogP contribution in [0.15, 0.2) is 6.07 Å². The van der Waals surface area contributed by atoms with E-state index >= 15 is 0 Å². The van der Waals surface area contributed by atoms with Crippen LogP contribution >= 0.6 is 0 Å². The van der Waals surface area contributed by atoms with Crippen molar-refractivity contribution in [2.75, 3.05) is 32.1 Å². The first-order valence-electron chi connectivity index (χ1n) is 7.51. The van der Waals surface area contributed by atoms with Crippen LogP contribution < -0.4 is 10.2 Å². The molecule has 0 bridgehead atoms. The fourth-order valence-corrected chi connectivity index (χ4v) is 2.79. The van der Waals surface area contributed by atoms with Gasteiger partial charge < -0.3 is 15.0 Å². The smallest absolute Gasteiger partial charge is 0.376 e. The summed E-state index contributed by atoms with van der Waals surface area (Å²) in [6.45, 7) is 3.84. The van der Waals surface area contributed by atoms with Crippen LogP contribution in [0, 0.1) is 6.92 Å². The van der Waals surface area contributed by atoms with Crippen molar-refractivity contribution in [3.8, 4) is 0 Å². The molecule has 1 unspecified atom stereocenters. The van der Waals surface area contributed by atoms with E-state index in [2.05, 4.69) is 20.2 Å². The molecule has 6 nitrogen and oxygen atoms in total. The molecule has 21 heavy (non-hydrogen) atoms. The number of esters is 1. The van der Waals surface area contributed by atoms with E-state index in [-0.39, 0.29) is 5.82 Å². The molecule has 1 aromatic rings. The first-order chi connectivity index (χ1) is 10.2. The Morgan fingerprint density at radius 2 is 2.29 bits per heavy atom. The molecule has 2 rings (SSSR count). The molecule has 6 heteroatoms. The van der Waals surface area contributed by atoms with Gasteiger partial charge in [-0.2, -0.15) is 0 Å². The molecule has 0 saturated carbocycles. The summed E-state index contributed by atoms with van der Waals surface area (Å²) in [5.74, 6) is 0.498. The lowest BCUT2D eigenvalue weighted by atomic mass is 9.99. The number of ether oxygens (including phenoxy) is 1. The van der Waals surface area contributed by atoms with Gasteiger partial charge >= 0.3 is 5.97 Å². The van der Waals surface area contributed by atoms with Crippen LogP contribution in [0.5, 0.6) is 0 Å². The number of hydrogen-bond donors (Lipinski definition) is 1. The summed E-state index contributed by atoms with van der Waals surface area (Å²) >= 11 is 0. The van der Waals surface area contributed by atoms with Gasteiger partial charge in [0.05, 0.1) is 7.11 Å². The van der Waals surface area contributed by atoms with Crippen LogP contribution in [0.4, 0.5) is 5.82 Å². The summed E-state index contributed by atoms with van der Waals surface area (Å²) in [6, 6.07) is 2.41. The number of aromatic nitrogens is 2. The predicted molar refractivity (Wildman–Crippen MR) is 81.6 cm³/mol. The van der Waals surface area contributed by atoms with Crippen molar-refractivity contribution < 1.29 is 9.53 Å². The first kappa shape index (κ1) is 15.7. The monoisotopic (exact) mass is 292 g/mol. The molecule has 1 fully saturated rings. The van der Waals surface area contributed by atoms with Crippen molar-refractivity contribution in [2.24, 2.45) is 0 Å². The van der Waals surface area contributed by atoms with Crippen molar-refractivity contribution in [2.45, 2.75) is 38.6 Å². The number of methoxy groups -OCH3 is 1.